The van der Waals surface area contributed by atoms with Gasteiger partial charge >= 0.3 is 18.3 Å². The van der Waals surface area contributed by atoms with Crippen LogP contribution in [0.25, 0.3) is 0 Å². The smallest absolute Gasteiger partial charge is 0.411 e. The van der Waals surface area contributed by atoms with Crippen molar-refractivity contribution >= 4 is 5.97 Å². The van der Waals surface area contributed by atoms with Crippen LogP contribution in [0.4, 0.5) is 26.3 Å². The van der Waals surface area contributed by atoms with Gasteiger partial charge in [0.25, 0.3) is 0 Å². The fourth-order valence-corrected chi connectivity index (χ4v) is 2.53. The maximum absolute atomic E-state index is 13.7. The molecule has 2 nitrogen and oxygen atoms in total. The molecule has 0 radical (unpaired) electrons. The molecule has 2 aromatic carbocycles. The van der Waals surface area contributed by atoms with Gasteiger partial charge < -0.3 is 5.11 Å². The predicted octanol–water partition coefficient (Wildman–Crippen LogP) is 4.80. The number of benzene rings is 2. The first kappa shape index (κ1) is 17.8. The summed E-state index contributed by atoms with van der Waals surface area (Å²) in [6.45, 7) is 0. The van der Waals surface area contributed by atoms with Crippen molar-refractivity contribution < 1.29 is 36.2 Å². The normalized spacial score (nSPS) is 12.9. The number of carbonyl (C=O) groups is 1. The van der Waals surface area contributed by atoms with Crippen LogP contribution in [0.1, 0.15) is 21.5 Å². The molecule has 0 bridgehead atoms. The van der Waals surface area contributed by atoms with Gasteiger partial charge in [0.15, 0.2) is 0 Å². The zero-order valence-electron chi connectivity index (χ0n) is 11.8. The van der Waals surface area contributed by atoms with Crippen LogP contribution < -0.4 is 0 Å². The van der Waals surface area contributed by atoms with Gasteiger partial charge in [0, 0.05) is 0 Å². The molecule has 0 heterocycles. The van der Waals surface area contributed by atoms with Crippen LogP contribution in [0, 0.1) is 0 Å². The third-order valence-electron chi connectivity index (χ3n) is 3.62. The average Bonchev–Trinajstić information content (AvgIpc) is 2.46. The van der Waals surface area contributed by atoms with Crippen LogP contribution in [0.15, 0.2) is 54.6 Å². The van der Waals surface area contributed by atoms with E-state index in [4.69, 9.17) is 5.11 Å². The molecule has 0 unspecified atom stereocenters. The highest BCUT2D eigenvalue weighted by Crippen LogP contribution is 2.56. The van der Waals surface area contributed by atoms with E-state index in [1.165, 1.54) is 6.07 Å². The summed E-state index contributed by atoms with van der Waals surface area (Å²) in [6, 6.07) is 7.45. The SMILES string of the molecule is O=C(O)c1ccc(C(c2ccccc2)(C(F)(F)F)C(F)(F)F)cc1. The minimum atomic E-state index is -5.68. The Balaban J connectivity index is 2.82. The van der Waals surface area contributed by atoms with Gasteiger partial charge in [-0.3, -0.25) is 0 Å². The Hall–Kier alpha value is -2.51. The number of carboxylic acid groups (broad SMARTS) is 1. The third-order valence-corrected chi connectivity index (χ3v) is 3.62. The monoisotopic (exact) mass is 348 g/mol. The summed E-state index contributed by atoms with van der Waals surface area (Å²) in [5.74, 6) is -1.45. The van der Waals surface area contributed by atoms with Gasteiger partial charge in [0.1, 0.15) is 0 Å². The van der Waals surface area contributed by atoms with E-state index in [2.05, 4.69) is 0 Å². The molecule has 0 amide bonds. The minimum absolute atomic E-state index is 0.412. The lowest BCUT2D eigenvalue weighted by atomic mass is 9.73. The summed E-state index contributed by atoms with van der Waals surface area (Å²) in [5.41, 5.74) is -6.75. The number of carboxylic acids is 1. The number of alkyl halides is 6. The zero-order valence-corrected chi connectivity index (χ0v) is 11.8. The van der Waals surface area contributed by atoms with Crippen molar-refractivity contribution in [3.63, 3.8) is 0 Å². The van der Waals surface area contributed by atoms with Crippen molar-refractivity contribution in [2.75, 3.05) is 0 Å². The number of rotatable bonds is 3. The molecular weight excluding hydrogens is 338 g/mol. The molecule has 0 atom stereocenters. The molecule has 0 aliphatic rings. The number of hydrogen-bond donors (Lipinski definition) is 1. The van der Waals surface area contributed by atoms with Gasteiger partial charge in [-0.05, 0) is 23.3 Å². The van der Waals surface area contributed by atoms with E-state index in [0.29, 0.717) is 24.3 Å². The molecule has 128 valence electrons. The van der Waals surface area contributed by atoms with Crippen LogP contribution in [0.2, 0.25) is 0 Å². The van der Waals surface area contributed by atoms with E-state index in [1.807, 2.05) is 0 Å². The molecule has 0 aliphatic carbocycles. The zero-order chi connectivity index (χ0) is 18.2. The standard InChI is InChI=1S/C16H10F6O2/c17-15(18,19)14(16(20,21)22,11-4-2-1-3-5-11)12-8-6-10(7-9-12)13(23)24/h1-9H,(H,23,24). The highest BCUT2D eigenvalue weighted by molar-refractivity contribution is 5.87. The third kappa shape index (κ3) is 2.72. The molecule has 0 saturated carbocycles. The highest BCUT2D eigenvalue weighted by atomic mass is 19.4. The number of halogens is 6. The fourth-order valence-electron chi connectivity index (χ4n) is 2.53. The second kappa shape index (κ2) is 5.85. The van der Waals surface area contributed by atoms with E-state index in [9.17, 15) is 31.1 Å². The van der Waals surface area contributed by atoms with Crippen molar-refractivity contribution in [1.29, 1.82) is 0 Å². The van der Waals surface area contributed by atoms with Crippen molar-refractivity contribution in [3.8, 4) is 0 Å². The average molecular weight is 348 g/mol. The maximum atomic E-state index is 13.7. The molecular formula is C16H10F6O2. The van der Waals surface area contributed by atoms with Gasteiger partial charge in [-0.2, -0.15) is 26.3 Å². The first-order valence-corrected chi connectivity index (χ1v) is 6.54. The van der Waals surface area contributed by atoms with Crippen LogP contribution in [-0.4, -0.2) is 23.4 Å². The molecule has 0 fully saturated rings. The number of hydrogen-bond acceptors (Lipinski definition) is 1. The quantitative estimate of drug-likeness (QED) is 0.810. The van der Waals surface area contributed by atoms with Gasteiger partial charge in [0.05, 0.1) is 5.56 Å². The lowest BCUT2D eigenvalue weighted by Crippen LogP contribution is -2.54. The Kier molecular flexibility index (Phi) is 4.34. The summed E-state index contributed by atoms with van der Waals surface area (Å²) in [4.78, 5) is 10.8. The molecule has 0 aliphatic heterocycles. The highest BCUT2D eigenvalue weighted by Gasteiger charge is 2.72. The maximum Gasteiger partial charge on any atom is 0.411 e. The van der Waals surface area contributed by atoms with Crippen LogP contribution in [-0.2, 0) is 5.41 Å². The lowest BCUT2D eigenvalue weighted by molar-refractivity contribution is -0.288. The summed E-state index contributed by atoms with van der Waals surface area (Å²) in [7, 11) is 0. The Morgan fingerprint density at radius 2 is 1.12 bits per heavy atom. The van der Waals surface area contributed by atoms with E-state index < -0.39 is 40.4 Å². The van der Waals surface area contributed by atoms with E-state index >= 15 is 0 Å². The molecule has 1 N–H and O–H groups in total. The van der Waals surface area contributed by atoms with Crippen LogP contribution in [0.5, 0.6) is 0 Å². The molecule has 0 saturated heterocycles. The Bertz CT molecular complexity index is 703. The second-order valence-electron chi connectivity index (χ2n) is 4.99. The van der Waals surface area contributed by atoms with E-state index in [-0.39, 0.29) is 0 Å². The minimum Gasteiger partial charge on any atom is -0.478 e. The van der Waals surface area contributed by atoms with Crippen molar-refractivity contribution in [1.82, 2.24) is 0 Å². The summed E-state index contributed by atoms with van der Waals surface area (Å²) >= 11 is 0. The summed E-state index contributed by atoms with van der Waals surface area (Å²) in [6.07, 6.45) is -11.4. The van der Waals surface area contributed by atoms with Crippen molar-refractivity contribution in [2.45, 2.75) is 17.8 Å². The van der Waals surface area contributed by atoms with Crippen LogP contribution in [0.3, 0.4) is 0 Å². The summed E-state index contributed by atoms with van der Waals surface area (Å²) < 4.78 is 82.0. The van der Waals surface area contributed by atoms with Gasteiger partial charge in [-0.25, -0.2) is 4.79 Å². The molecule has 2 aromatic rings. The van der Waals surface area contributed by atoms with Crippen molar-refractivity contribution in [3.05, 3.63) is 71.3 Å². The molecule has 2 rings (SSSR count). The Morgan fingerprint density at radius 3 is 1.50 bits per heavy atom. The predicted molar refractivity (Wildman–Crippen MR) is 72.7 cm³/mol. The Labute approximate surface area is 132 Å². The van der Waals surface area contributed by atoms with E-state index in [1.54, 1.807) is 0 Å². The Morgan fingerprint density at radius 1 is 0.708 bits per heavy atom. The summed E-state index contributed by atoms with van der Waals surface area (Å²) in [5, 5.41) is 8.77. The van der Waals surface area contributed by atoms with Gasteiger partial charge in [-0.1, -0.05) is 42.5 Å². The first-order chi connectivity index (χ1) is 11.0. The topological polar surface area (TPSA) is 37.3 Å². The van der Waals surface area contributed by atoms with Crippen molar-refractivity contribution in [2.24, 2.45) is 0 Å². The second-order valence-corrected chi connectivity index (χ2v) is 4.99. The number of aromatic carboxylic acids is 1. The van der Waals surface area contributed by atoms with E-state index in [0.717, 1.165) is 24.3 Å². The largest absolute Gasteiger partial charge is 0.478 e. The molecule has 24 heavy (non-hydrogen) atoms. The van der Waals surface area contributed by atoms with Gasteiger partial charge in [0.2, 0.25) is 5.41 Å². The van der Waals surface area contributed by atoms with Crippen LogP contribution >= 0.6 is 0 Å². The lowest BCUT2D eigenvalue weighted by Gasteiger charge is -2.38. The van der Waals surface area contributed by atoms with Gasteiger partial charge in [-0.15, -0.1) is 0 Å². The fraction of sp³-hybridized carbons (Fsp3) is 0.188. The molecule has 0 aromatic heterocycles. The molecule has 0 spiro atoms. The molecule has 8 heteroatoms. The first-order valence-electron chi connectivity index (χ1n) is 6.54.